The molecule has 0 aromatic carbocycles. The van der Waals surface area contributed by atoms with Crippen LogP contribution in [0.4, 0.5) is 0 Å². The third-order valence-corrected chi connectivity index (χ3v) is 0. The normalized spacial score (nSPS) is 0. The predicted molar refractivity (Wildman–Crippen MR) is 0 cm³/mol. The summed E-state index contributed by atoms with van der Waals surface area (Å²) >= 11 is 0. The molecule has 0 rings (SSSR count). The zero-order valence-electron chi connectivity index (χ0n) is 15.0. The molecule has 0 aliphatic heterocycles. The van der Waals surface area contributed by atoms with Gasteiger partial charge in [-0.1, -0.05) is 0 Å². The van der Waals surface area contributed by atoms with Crippen LogP contribution in [0.3, 0.4) is 0 Å². The van der Waals surface area contributed by atoms with Crippen LogP contribution in [0.25, 0.3) is 0 Å². The molecular weight excluding hydrogens is 2650 g/mol. The van der Waals surface area contributed by atoms with Crippen molar-refractivity contribution in [3.05, 3.63) is 0 Å². The van der Waals surface area contributed by atoms with Crippen LogP contribution in [0, 0.1) is 0 Å². The molecule has 0 aromatic rings. The van der Waals surface area contributed by atoms with Crippen molar-refractivity contribution in [2.45, 2.75) is 0 Å². The molecule has 0 saturated carbocycles. The Labute approximate surface area is 736 Å². The van der Waals surface area contributed by atoms with Crippen LogP contribution >= 0.6 is 0 Å². The Kier molecular flexibility index (Phi) is 7200. The molecule has 0 fully saturated rings. The smallest absolute Gasteiger partial charge is 0 e. The van der Waals surface area contributed by atoms with Crippen LogP contribution in [0.2, 0.25) is 0 Å². The summed E-state index contributed by atoms with van der Waals surface area (Å²) in [7, 11) is 0. The monoisotopic (exact) mass is 2650 g/mol. The summed E-state index contributed by atoms with van der Waals surface area (Å²) in [4.78, 5) is 0. The minimum absolute atomic E-state index is 0. The van der Waals surface area contributed by atoms with E-state index >= 15 is 0 Å². The third-order valence-electron chi connectivity index (χ3n) is 0. The Morgan fingerprint density at radius 1 is 0.0222 bits per heavy atom. The van der Waals surface area contributed by atoms with Gasteiger partial charge in [0.05, 0.1) is 0 Å². The zero-order valence-corrected chi connectivity index (χ0v) is 61.8. The molecule has 0 amide bonds. The van der Waals surface area contributed by atoms with E-state index in [-0.39, 0.29) is 755 Å². The molecule has 0 nitrogen and oxygen atoms in total. The second-order valence-corrected chi connectivity index (χ2v) is 0. The van der Waals surface area contributed by atoms with Gasteiger partial charge in [0.25, 0.3) is 0 Å². The second-order valence-electron chi connectivity index (χ2n) is 0. The second kappa shape index (κ2) is 557. The summed E-state index contributed by atoms with van der Waals surface area (Å²) in [5.74, 6) is 0. The molecular formula is Co45. The maximum atomic E-state index is 0. The Balaban J connectivity index is 0. The minimum atomic E-state index is 0. The van der Waals surface area contributed by atoms with E-state index in [4.69, 9.17) is 0 Å². The van der Waals surface area contributed by atoms with Crippen LogP contribution in [0.1, 0.15) is 0 Å². The van der Waals surface area contributed by atoms with Gasteiger partial charge in [0.1, 0.15) is 0 Å². The fourth-order valence-electron chi connectivity index (χ4n) is 0. The van der Waals surface area contributed by atoms with Crippen molar-refractivity contribution in [1.29, 1.82) is 0 Å². The summed E-state index contributed by atoms with van der Waals surface area (Å²) in [5, 5.41) is 0. The van der Waals surface area contributed by atoms with Gasteiger partial charge in [-0.2, -0.15) is 0 Å². The molecule has 45 heavy (non-hydrogen) atoms. The van der Waals surface area contributed by atoms with Gasteiger partial charge in [-0.15, -0.1) is 0 Å². The Hall–Kier alpha value is 22.8. The molecule has 0 unspecified atom stereocenters. The van der Waals surface area contributed by atoms with E-state index in [0.29, 0.717) is 0 Å². The molecule has 0 spiro atoms. The van der Waals surface area contributed by atoms with E-state index in [2.05, 4.69) is 0 Å². The molecule has 0 aliphatic rings. The van der Waals surface area contributed by atoms with E-state index in [1.807, 2.05) is 0 Å². The van der Waals surface area contributed by atoms with Gasteiger partial charge in [0.15, 0.2) is 0 Å². The van der Waals surface area contributed by atoms with Crippen molar-refractivity contribution in [3.8, 4) is 0 Å². The van der Waals surface area contributed by atoms with E-state index in [9.17, 15) is 0 Å². The number of rotatable bonds is 0. The van der Waals surface area contributed by atoms with Gasteiger partial charge < -0.3 is 0 Å². The molecule has 405 valence electrons. The first-order valence-corrected chi connectivity index (χ1v) is 0. The van der Waals surface area contributed by atoms with Crippen LogP contribution in [0.5, 0.6) is 0 Å². The van der Waals surface area contributed by atoms with E-state index in [0.717, 1.165) is 0 Å². The molecule has 0 atom stereocenters. The Morgan fingerprint density at radius 3 is 0.0222 bits per heavy atom. The molecule has 0 aromatic heterocycles. The molecule has 0 aliphatic carbocycles. The minimum Gasteiger partial charge on any atom is 0 e. The molecule has 45 radical (unpaired) electrons. The maximum Gasteiger partial charge on any atom is 0 e. The fraction of sp³-hybridized carbons (Fsp3) is 0. The van der Waals surface area contributed by atoms with Gasteiger partial charge in [-0.3, -0.25) is 0 Å². The average Bonchev–Trinajstić information content (AvgIpc) is 0. The number of hydrogen-bond donors (Lipinski definition) is 0. The SMILES string of the molecule is [Co].[Co].[Co].[Co].[Co].[Co].[Co].[Co].[Co].[Co].[Co].[Co].[Co].[Co].[Co].[Co].[Co].[Co].[Co].[Co].[Co].[Co].[Co].[Co].[Co].[Co].[Co].[Co].[Co].[Co].[Co].[Co].[Co].[Co].[Co].[Co].[Co].[Co].[Co].[Co].[Co].[Co].[Co].[Co].[Co]. The first-order valence-electron chi connectivity index (χ1n) is 0. The van der Waals surface area contributed by atoms with Crippen molar-refractivity contribution in [2.75, 3.05) is 0 Å². The standard InChI is InChI=1S/45Co. The molecule has 0 N–H and O–H groups in total. The first kappa shape index (κ1) is 582. The third kappa shape index (κ3) is 540. The van der Waals surface area contributed by atoms with Crippen molar-refractivity contribution in [1.82, 2.24) is 0 Å². The van der Waals surface area contributed by atoms with Crippen LogP contribution in [0.15, 0.2) is 0 Å². The topological polar surface area (TPSA) is 0 Å². The van der Waals surface area contributed by atoms with Crippen LogP contribution in [-0.4, -0.2) is 0 Å². The number of hydrogen-bond acceptors (Lipinski definition) is 0. The largest absolute Gasteiger partial charge is 0 e. The zero-order chi connectivity index (χ0) is 0. The van der Waals surface area contributed by atoms with Gasteiger partial charge in [0, 0.05) is 755 Å². The molecule has 0 saturated heterocycles. The van der Waals surface area contributed by atoms with E-state index < -0.39 is 0 Å². The van der Waals surface area contributed by atoms with Gasteiger partial charge >= 0.3 is 0 Å². The van der Waals surface area contributed by atoms with Gasteiger partial charge in [0.2, 0.25) is 0 Å². The quantitative estimate of drug-likeness (QED) is 0.319. The van der Waals surface area contributed by atoms with Gasteiger partial charge in [-0.25, -0.2) is 0 Å². The van der Waals surface area contributed by atoms with Crippen LogP contribution in [-0.2, 0) is 755 Å². The van der Waals surface area contributed by atoms with Crippen molar-refractivity contribution in [2.24, 2.45) is 0 Å². The van der Waals surface area contributed by atoms with Gasteiger partial charge in [-0.05, 0) is 0 Å². The van der Waals surface area contributed by atoms with Crippen LogP contribution < -0.4 is 0 Å². The van der Waals surface area contributed by atoms with E-state index in [1.54, 1.807) is 0 Å². The predicted octanol–water partition coefficient (Wildman–Crippen LogP) is -0.113. The summed E-state index contributed by atoms with van der Waals surface area (Å²) in [6.45, 7) is 0. The summed E-state index contributed by atoms with van der Waals surface area (Å²) in [5.41, 5.74) is 0. The summed E-state index contributed by atoms with van der Waals surface area (Å²) < 4.78 is 0. The van der Waals surface area contributed by atoms with Crippen molar-refractivity contribution >= 4 is 0 Å². The Bertz CT molecular complexity index is 0. The molecule has 0 bridgehead atoms. The summed E-state index contributed by atoms with van der Waals surface area (Å²) in [6.07, 6.45) is 0. The average molecular weight is 2650 g/mol. The first-order chi connectivity index (χ1) is 0. The van der Waals surface area contributed by atoms with Crippen molar-refractivity contribution < 1.29 is 755 Å². The van der Waals surface area contributed by atoms with Crippen molar-refractivity contribution in [3.63, 3.8) is 0 Å². The molecule has 45 heteroatoms. The van der Waals surface area contributed by atoms with E-state index in [1.165, 1.54) is 0 Å². The summed E-state index contributed by atoms with van der Waals surface area (Å²) in [6, 6.07) is 0. The fourth-order valence-corrected chi connectivity index (χ4v) is 0. The molecule has 0 heterocycles. The maximum absolute atomic E-state index is 0. The Morgan fingerprint density at radius 2 is 0.0222 bits per heavy atom.